The van der Waals surface area contributed by atoms with Crippen LogP contribution in [0.15, 0.2) is 17.8 Å². The molecule has 0 bridgehead atoms. The first-order valence-electron chi connectivity index (χ1n) is 5.48. The maximum atomic E-state index is 4.23. The summed E-state index contributed by atoms with van der Waals surface area (Å²) in [6.07, 6.45) is 7.28. The number of hydrogen-bond donors (Lipinski definition) is 0. The molecule has 0 atom stereocenters. The van der Waals surface area contributed by atoms with Gasteiger partial charge in [0, 0.05) is 11.8 Å². The van der Waals surface area contributed by atoms with Crippen LogP contribution in [0.25, 0.3) is 0 Å². The lowest BCUT2D eigenvalue weighted by Crippen LogP contribution is -2.03. The van der Waals surface area contributed by atoms with Crippen molar-refractivity contribution in [2.45, 2.75) is 49.6 Å². The molecule has 1 heterocycles. The van der Waals surface area contributed by atoms with Gasteiger partial charge in [0.15, 0.2) is 5.16 Å². The zero-order valence-electron chi connectivity index (χ0n) is 9.15. The second-order valence-corrected chi connectivity index (χ2v) is 5.22. The lowest BCUT2D eigenvalue weighted by Gasteiger charge is -2.09. The zero-order chi connectivity index (χ0) is 10.7. The minimum absolute atomic E-state index is 0.747. The first kappa shape index (κ1) is 10.7. The van der Waals surface area contributed by atoms with Crippen LogP contribution < -0.4 is 0 Å². The van der Waals surface area contributed by atoms with E-state index in [4.69, 9.17) is 0 Å². The molecule has 1 aromatic rings. The van der Waals surface area contributed by atoms with E-state index in [1.807, 2.05) is 24.8 Å². The molecule has 0 spiro atoms. The Hall–Kier alpha value is -0.770. The van der Waals surface area contributed by atoms with Crippen molar-refractivity contribution in [1.29, 1.82) is 0 Å². The van der Waals surface area contributed by atoms with E-state index in [0.717, 1.165) is 22.8 Å². The number of nitrogens with zero attached hydrogens (tertiary/aromatic N) is 3. The van der Waals surface area contributed by atoms with Crippen LogP contribution >= 0.6 is 11.8 Å². The summed E-state index contributed by atoms with van der Waals surface area (Å²) in [5, 5.41) is 10.1. The number of aryl methyl sites for hydroxylation is 1. The highest BCUT2D eigenvalue weighted by molar-refractivity contribution is 7.99. The standard InChI is InChI=1S/C11H17N3S/c1-3-8-14-9(2)12-13-11(14)15-10-6-4-5-7-10/h3,10H,1,4-8H2,2H3. The normalized spacial score (nSPS) is 17.1. The largest absolute Gasteiger partial charge is 0.302 e. The topological polar surface area (TPSA) is 30.7 Å². The van der Waals surface area contributed by atoms with Crippen molar-refractivity contribution in [3.05, 3.63) is 18.5 Å². The molecule has 0 amide bonds. The van der Waals surface area contributed by atoms with Gasteiger partial charge in [0.1, 0.15) is 5.82 Å². The molecule has 0 unspecified atom stereocenters. The van der Waals surface area contributed by atoms with E-state index in [1.54, 1.807) is 0 Å². The number of hydrogen-bond acceptors (Lipinski definition) is 3. The molecule has 1 aromatic heterocycles. The maximum absolute atomic E-state index is 4.23. The second kappa shape index (κ2) is 4.84. The van der Waals surface area contributed by atoms with E-state index in [2.05, 4.69) is 21.3 Å². The summed E-state index contributed by atoms with van der Waals surface area (Å²) in [5.41, 5.74) is 0. The summed E-state index contributed by atoms with van der Waals surface area (Å²) in [5.74, 6) is 0.982. The van der Waals surface area contributed by atoms with Crippen molar-refractivity contribution in [1.82, 2.24) is 14.8 Å². The summed E-state index contributed by atoms with van der Waals surface area (Å²) in [4.78, 5) is 0. The van der Waals surface area contributed by atoms with Crippen LogP contribution in [-0.2, 0) is 6.54 Å². The molecule has 0 aromatic carbocycles. The summed E-state index contributed by atoms with van der Waals surface area (Å²) in [6, 6.07) is 0. The van der Waals surface area contributed by atoms with Crippen LogP contribution in [0.5, 0.6) is 0 Å². The molecule has 4 heteroatoms. The monoisotopic (exact) mass is 223 g/mol. The predicted molar refractivity (Wildman–Crippen MR) is 63.1 cm³/mol. The fraction of sp³-hybridized carbons (Fsp3) is 0.636. The van der Waals surface area contributed by atoms with Gasteiger partial charge in [-0.2, -0.15) is 0 Å². The molecule has 1 fully saturated rings. The minimum Gasteiger partial charge on any atom is -0.302 e. The Kier molecular flexibility index (Phi) is 3.46. The van der Waals surface area contributed by atoms with Gasteiger partial charge in [-0.15, -0.1) is 16.8 Å². The third-order valence-electron chi connectivity index (χ3n) is 2.79. The first-order valence-corrected chi connectivity index (χ1v) is 6.36. The van der Waals surface area contributed by atoms with Gasteiger partial charge in [0.05, 0.1) is 0 Å². The summed E-state index contributed by atoms with van der Waals surface area (Å²) in [6.45, 7) is 6.57. The summed E-state index contributed by atoms with van der Waals surface area (Å²) in [7, 11) is 0. The fourth-order valence-electron chi connectivity index (χ4n) is 1.94. The van der Waals surface area contributed by atoms with Gasteiger partial charge in [0.2, 0.25) is 0 Å². The van der Waals surface area contributed by atoms with Gasteiger partial charge < -0.3 is 4.57 Å². The molecule has 0 N–H and O–H groups in total. The Morgan fingerprint density at radius 1 is 1.47 bits per heavy atom. The minimum atomic E-state index is 0.747. The molecular weight excluding hydrogens is 206 g/mol. The lowest BCUT2D eigenvalue weighted by molar-refractivity contribution is 0.700. The fourth-order valence-corrected chi connectivity index (χ4v) is 3.23. The highest BCUT2D eigenvalue weighted by Crippen LogP contribution is 2.33. The van der Waals surface area contributed by atoms with Crippen LogP contribution in [0.4, 0.5) is 0 Å². The molecule has 82 valence electrons. The van der Waals surface area contributed by atoms with E-state index in [0.29, 0.717) is 0 Å². The van der Waals surface area contributed by atoms with Crippen LogP contribution in [0.1, 0.15) is 31.5 Å². The smallest absolute Gasteiger partial charge is 0.191 e. The van der Waals surface area contributed by atoms with Crippen molar-refractivity contribution < 1.29 is 0 Å². The van der Waals surface area contributed by atoms with Crippen molar-refractivity contribution >= 4 is 11.8 Å². The Labute approximate surface area is 95.0 Å². The van der Waals surface area contributed by atoms with Crippen molar-refractivity contribution in [2.75, 3.05) is 0 Å². The van der Waals surface area contributed by atoms with Gasteiger partial charge in [-0.1, -0.05) is 30.7 Å². The van der Waals surface area contributed by atoms with E-state index in [-0.39, 0.29) is 0 Å². The Morgan fingerprint density at radius 2 is 2.20 bits per heavy atom. The van der Waals surface area contributed by atoms with E-state index >= 15 is 0 Å². The van der Waals surface area contributed by atoms with Crippen LogP contribution in [-0.4, -0.2) is 20.0 Å². The zero-order valence-corrected chi connectivity index (χ0v) is 9.96. The lowest BCUT2D eigenvalue weighted by atomic mass is 10.4. The van der Waals surface area contributed by atoms with Crippen LogP contribution in [0.2, 0.25) is 0 Å². The third kappa shape index (κ3) is 2.43. The van der Waals surface area contributed by atoms with Gasteiger partial charge in [0.25, 0.3) is 0 Å². The first-order chi connectivity index (χ1) is 7.31. The number of allylic oxidation sites excluding steroid dienone is 1. The molecule has 1 aliphatic carbocycles. The van der Waals surface area contributed by atoms with E-state index < -0.39 is 0 Å². The Morgan fingerprint density at radius 3 is 2.87 bits per heavy atom. The SMILES string of the molecule is C=CCn1c(C)nnc1SC1CCCC1. The number of thioether (sulfide) groups is 1. The van der Waals surface area contributed by atoms with E-state index in [9.17, 15) is 0 Å². The molecule has 15 heavy (non-hydrogen) atoms. The molecule has 3 nitrogen and oxygen atoms in total. The summed E-state index contributed by atoms with van der Waals surface area (Å²) < 4.78 is 2.13. The highest BCUT2D eigenvalue weighted by atomic mass is 32.2. The molecule has 0 aliphatic heterocycles. The molecule has 1 saturated carbocycles. The van der Waals surface area contributed by atoms with Crippen molar-refractivity contribution in [3.63, 3.8) is 0 Å². The third-order valence-corrected chi connectivity index (χ3v) is 4.11. The van der Waals surface area contributed by atoms with E-state index in [1.165, 1.54) is 25.7 Å². The quantitative estimate of drug-likeness (QED) is 0.735. The molecule has 0 radical (unpaired) electrons. The maximum Gasteiger partial charge on any atom is 0.191 e. The molecule has 0 saturated heterocycles. The Bertz CT molecular complexity index is 340. The summed E-state index contributed by atoms with van der Waals surface area (Å²) >= 11 is 1.88. The average molecular weight is 223 g/mol. The second-order valence-electron chi connectivity index (χ2n) is 3.95. The number of aromatic nitrogens is 3. The molecular formula is C11H17N3S. The van der Waals surface area contributed by atoms with Crippen molar-refractivity contribution in [2.24, 2.45) is 0 Å². The predicted octanol–water partition coefficient (Wildman–Crippen LogP) is 2.81. The van der Waals surface area contributed by atoms with Gasteiger partial charge in [-0.05, 0) is 19.8 Å². The van der Waals surface area contributed by atoms with Gasteiger partial charge >= 0.3 is 0 Å². The highest BCUT2D eigenvalue weighted by Gasteiger charge is 2.19. The Balaban J connectivity index is 2.08. The van der Waals surface area contributed by atoms with Crippen LogP contribution in [0, 0.1) is 6.92 Å². The van der Waals surface area contributed by atoms with Crippen LogP contribution in [0.3, 0.4) is 0 Å². The molecule has 1 aliphatic rings. The van der Waals surface area contributed by atoms with Crippen molar-refractivity contribution in [3.8, 4) is 0 Å². The van der Waals surface area contributed by atoms with Gasteiger partial charge in [-0.3, -0.25) is 0 Å². The molecule has 2 rings (SSSR count). The number of rotatable bonds is 4. The average Bonchev–Trinajstić information content (AvgIpc) is 2.83. The van der Waals surface area contributed by atoms with Gasteiger partial charge in [-0.25, -0.2) is 0 Å².